The van der Waals surface area contributed by atoms with Crippen molar-refractivity contribution in [2.75, 3.05) is 25.6 Å². The third-order valence-corrected chi connectivity index (χ3v) is 7.69. The van der Waals surface area contributed by atoms with Crippen LogP contribution in [0.2, 0.25) is 0 Å². The summed E-state index contributed by atoms with van der Waals surface area (Å²) in [5.74, 6) is 2.45. The molecule has 1 aromatic carbocycles. The van der Waals surface area contributed by atoms with E-state index in [9.17, 15) is 9.35 Å². The minimum absolute atomic E-state index is 0.0969. The minimum atomic E-state index is -0.743. The molecule has 0 N–H and O–H groups in total. The summed E-state index contributed by atoms with van der Waals surface area (Å²) >= 11 is 3.04. The molecule has 7 heteroatoms. The summed E-state index contributed by atoms with van der Waals surface area (Å²) in [5.41, 5.74) is 1.17. The molecule has 0 saturated carbocycles. The number of hydrogen-bond acceptors (Lipinski definition) is 4. The van der Waals surface area contributed by atoms with E-state index >= 15 is 0 Å². The number of amides is 1. The summed E-state index contributed by atoms with van der Waals surface area (Å²) in [6, 6.07) is 6.01. The molecule has 1 aliphatic heterocycles. The maximum absolute atomic E-state index is 12.3. The van der Waals surface area contributed by atoms with Crippen LogP contribution in [-0.4, -0.2) is 45.6 Å². The highest BCUT2D eigenvalue weighted by Gasteiger charge is 2.19. The molecule has 33 heavy (non-hydrogen) atoms. The largest absolute Gasteiger partial charge is 0.616 e. The number of ether oxygens (including phenoxy) is 2. The van der Waals surface area contributed by atoms with Crippen molar-refractivity contribution in [2.45, 2.75) is 97.2 Å². The van der Waals surface area contributed by atoms with Crippen LogP contribution in [0.5, 0.6) is 11.5 Å². The molecule has 0 aromatic heterocycles. The van der Waals surface area contributed by atoms with Gasteiger partial charge in [-0.2, -0.15) is 0 Å². The lowest BCUT2D eigenvalue weighted by atomic mass is 10.1. The van der Waals surface area contributed by atoms with Crippen molar-refractivity contribution in [1.29, 1.82) is 0 Å². The molecule has 2 rings (SSSR count). The second-order valence-corrected chi connectivity index (χ2v) is 11.0. The van der Waals surface area contributed by atoms with Gasteiger partial charge in [-0.15, -0.1) is 0 Å². The van der Waals surface area contributed by atoms with Gasteiger partial charge in [-0.25, -0.2) is 0 Å². The molecule has 0 aliphatic carbocycles. The van der Waals surface area contributed by atoms with Gasteiger partial charge < -0.3 is 18.9 Å². The molecule has 1 heterocycles. The van der Waals surface area contributed by atoms with Crippen molar-refractivity contribution in [3.8, 4) is 11.5 Å². The maximum atomic E-state index is 12.3. The number of carbonyl (C=O) groups excluding carboxylic acids is 1. The molecule has 0 bridgehead atoms. The number of rotatable bonds is 15. The van der Waals surface area contributed by atoms with Gasteiger partial charge >= 0.3 is 0 Å². The van der Waals surface area contributed by atoms with E-state index in [1.807, 2.05) is 18.2 Å². The van der Waals surface area contributed by atoms with Crippen LogP contribution in [0, 0.1) is 0 Å². The fourth-order valence-electron chi connectivity index (χ4n) is 3.64. The van der Waals surface area contributed by atoms with E-state index in [-0.39, 0.29) is 10.5 Å². The van der Waals surface area contributed by atoms with E-state index in [1.165, 1.54) is 37.7 Å². The van der Waals surface area contributed by atoms with Gasteiger partial charge in [0.05, 0.1) is 0 Å². The van der Waals surface area contributed by atoms with Crippen molar-refractivity contribution in [3.05, 3.63) is 23.8 Å². The molecule has 0 radical (unpaired) electrons. The Kier molecular flexibility index (Phi) is 16.6. The lowest BCUT2D eigenvalue weighted by Crippen LogP contribution is -2.28. The van der Waals surface area contributed by atoms with Gasteiger partial charge in [0.15, 0.2) is 11.5 Å². The topological polar surface area (TPSA) is 61.8 Å². The van der Waals surface area contributed by atoms with Crippen LogP contribution in [0.3, 0.4) is 0 Å². The summed E-state index contributed by atoms with van der Waals surface area (Å²) in [6.45, 7) is 10.5. The quantitative estimate of drug-likeness (QED) is 0.160. The molecule has 5 nitrogen and oxygen atoms in total. The zero-order valence-corrected chi connectivity index (χ0v) is 22.9. The molecule has 1 aromatic rings. The molecule has 2 atom stereocenters. The molecular formula is C26H45NO4S2. The first-order valence-electron chi connectivity index (χ1n) is 12.7. The smallest absolute Gasteiger partial charge is 0.278 e. The predicted octanol–water partition coefficient (Wildman–Crippen LogP) is 7.00. The van der Waals surface area contributed by atoms with E-state index in [4.69, 9.17) is 9.47 Å². The van der Waals surface area contributed by atoms with E-state index < -0.39 is 11.2 Å². The van der Waals surface area contributed by atoms with E-state index in [1.54, 1.807) is 4.90 Å². The van der Waals surface area contributed by atoms with Crippen molar-refractivity contribution in [1.82, 2.24) is 4.90 Å². The Morgan fingerprint density at radius 1 is 1.00 bits per heavy atom. The van der Waals surface area contributed by atoms with Crippen LogP contribution in [0.25, 0.3) is 0 Å². The van der Waals surface area contributed by atoms with Crippen molar-refractivity contribution in [2.24, 2.45) is 0 Å². The minimum Gasteiger partial charge on any atom is -0.616 e. The number of carbonyl (C=O) groups is 1. The number of nitrogens with zero attached hydrogens (tertiary/aromatic N) is 1. The summed E-state index contributed by atoms with van der Waals surface area (Å²) in [7, 11) is 0. The number of thiol groups is 1. The average Bonchev–Trinajstić information content (AvgIpc) is 3.27. The number of fused-ring (bicyclic) bond motifs is 1. The van der Waals surface area contributed by atoms with Crippen LogP contribution in [0.1, 0.15) is 91.0 Å². The molecular weight excluding hydrogens is 454 g/mol. The molecule has 0 saturated heterocycles. The van der Waals surface area contributed by atoms with Crippen molar-refractivity contribution in [3.63, 3.8) is 0 Å². The Morgan fingerprint density at radius 2 is 1.67 bits per heavy atom. The summed E-state index contributed by atoms with van der Waals surface area (Å²) in [6.07, 6.45) is 11.5. The summed E-state index contributed by atoms with van der Waals surface area (Å²) < 4.78 is 23.0. The van der Waals surface area contributed by atoms with E-state index in [0.29, 0.717) is 6.79 Å². The standard InChI is InChI=1S/C18H28O3S.C8H17NOS/c1-3-4-5-6-7-8-11-22(19)15(2)12-16-9-10-17-18(13-16)21-14-20-17;1-3-5-7-9(6-4-2)8(10)11/h9-10,13,15H,3-8,11-12,14H2,1-2H3;3-7H2,1-2H3,(H,10,11). The zero-order chi connectivity index (χ0) is 24.5. The van der Waals surface area contributed by atoms with Gasteiger partial charge in [0, 0.05) is 19.5 Å². The second-order valence-electron chi connectivity index (χ2n) is 8.68. The third kappa shape index (κ3) is 12.8. The second kappa shape index (κ2) is 18.3. The SMILES string of the molecule is CCCCCCCC[S+]([O-])C(C)Cc1ccc2c(c1)OCO2.CCCCN(CCC)C(=O)S. The molecule has 1 aliphatic rings. The van der Waals surface area contributed by atoms with Crippen LogP contribution in [0.4, 0.5) is 4.79 Å². The molecule has 190 valence electrons. The van der Waals surface area contributed by atoms with Gasteiger partial charge in [0.25, 0.3) is 5.24 Å². The Balaban J connectivity index is 0.000000420. The Labute approximate surface area is 210 Å². The molecule has 2 unspecified atom stereocenters. The highest BCUT2D eigenvalue weighted by Crippen LogP contribution is 2.33. The Morgan fingerprint density at radius 3 is 2.33 bits per heavy atom. The van der Waals surface area contributed by atoms with Crippen molar-refractivity contribution < 1.29 is 18.8 Å². The first-order valence-corrected chi connectivity index (χ1v) is 14.5. The number of hydrogen-bond donors (Lipinski definition) is 1. The number of unbranched alkanes of at least 4 members (excludes halogenated alkanes) is 6. The van der Waals surface area contributed by atoms with Gasteiger partial charge in [-0.05, 0) is 50.3 Å². The maximum Gasteiger partial charge on any atom is 0.278 e. The van der Waals surface area contributed by atoms with E-state index in [2.05, 4.69) is 40.3 Å². The first-order chi connectivity index (χ1) is 15.9. The normalized spacial score (nSPS) is 13.8. The fraction of sp³-hybridized carbons (Fsp3) is 0.731. The molecule has 1 amide bonds. The van der Waals surface area contributed by atoms with Gasteiger partial charge in [0.2, 0.25) is 6.79 Å². The van der Waals surface area contributed by atoms with Crippen LogP contribution >= 0.6 is 12.6 Å². The lowest BCUT2D eigenvalue weighted by molar-refractivity contribution is 0.174. The summed E-state index contributed by atoms with van der Waals surface area (Å²) in [4.78, 5) is 12.6. The third-order valence-electron chi connectivity index (χ3n) is 5.65. The predicted molar refractivity (Wildman–Crippen MR) is 143 cm³/mol. The van der Waals surface area contributed by atoms with Crippen LogP contribution in [0.15, 0.2) is 18.2 Å². The zero-order valence-electron chi connectivity index (χ0n) is 21.1. The lowest BCUT2D eigenvalue weighted by Gasteiger charge is -2.18. The van der Waals surface area contributed by atoms with Gasteiger partial charge in [-0.3, -0.25) is 4.79 Å². The molecule has 0 fully saturated rings. The number of benzene rings is 1. The monoisotopic (exact) mass is 499 g/mol. The summed E-state index contributed by atoms with van der Waals surface area (Å²) in [5, 5.41) is 0.0938. The van der Waals surface area contributed by atoms with Crippen LogP contribution < -0.4 is 9.47 Å². The van der Waals surface area contributed by atoms with Crippen LogP contribution in [-0.2, 0) is 17.6 Å². The van der Waals surface area contributed by atoms with Gasteiger partial charge in [0.1, 0.15) is 11.0 Å². The highest BCUT2D eigenvalue weighted by molar-refractivity contribution is 7.96. The van der Waals surface area contributed by atoms with Crippen molar-refractivity contribution >= 4 is 29.0 Å². The average molecular weight is 500 g/mol. The molecule has 0 spiro atoms. The first kappa shape index (κ1) is 30.0. The Hall–Kier alpha value is -1.05. The van der Waals surface area contributed by atoms with Gasteiger partial charge in [-0.1, -0.05) is 82.7 Å². The van der Waals surface area contributed by atoms with E-state index in [0.717, 1.165) is 62.4 Å². The Bertz CT molecular complexity index is 659. The highest BCUT2D eigenvalue weighted by atomic mass is 32.2. The fourth-order valence-corrected chi connectivity index (χ4v) is 5.11.